The number of para-hydroxylation sites is 1. The van der Waals surface area contributed by atoms with E-state index in [0.29, 0.717) is 22.5 Å². The number of benzene rings is 3. The van der Waals surface area contributed by atoms with Crippen molar-refractivity contribution in [1.29, 1.82) is 0 Å². The summed E-state index contributed by atoms with van der Waals surface area (Å²) in [6.07, 6.45) is 0. The van der Waals surface area contributed by atoms with Crippen LogP contribution in [0.25, 0.3) is 5.69 Å². The standard InChI is InChI=1S/C23H20N4O4S/c1-30-20-10-12-21(13-11-20)31-15-22-24-25-23(26(22)18-7-3-2-4-8-18)32-16-17-6-5-9-19(14-17)27(28)29/h2-14H,15-16H2,1H3. The number of nitrogens with zero attached hydrogens (tertiary/aromatic N) is 4. The van der Waals surface area contributed by atoms with Gasteiger partial charge in [-0.05, 0) is 42.0 Å². The van der Waals surface area contributed by atoms with E-state index in [1.54, 1.807) is 19.2 Å². The van der Waals surface area contributed by atoms with Gasteiger partial charge in [-0.1, -0.05) is 42.1 Å². The van der Waals surface area contributed by atoms with Gasteiger partial charge in [0.2, 0.25) is 0 Å². The third-order valence-electron chi connectivity index (χ3n) is 4.63. The van der Waals surface area contributed by atoms with E-state index in [9.17, 15) is 10.1 Å². The van der Waals surface area contributed by atoms with Crippen LogP contribution < -0.4 is 9.47 Å². The van der Waals surface area contributed by atoms with Crippen molar-refractivity contribution in [2.24, 2.45) is 0 Å². The summed E-state index contributed by atoms with van der Waals surface area (Å²) in [7, 11) is 1.62. The molecule has 0 aliphatic heterocycles. The molecule has 0 saturated carbocycles. The Balaban J connectivity index is 1.55. The summed E-state index contributed by atoms with van der Waals surface area (Å²) in [5, 5.41) is 20.4. The number of nitro groups is 1. The van der Waals surface area contributed by atoms with Crippen molar-refractivity contribution in [2.75, 3.05) is 7.11 Å². The highest BCUT2D eigenvalue weighted by Gasteiger charge is 2.16. The Bertz CT molecular complexity index is 1200. The molecule has 0 aliphatic carbocycles. The average Bonchev–Trinajstić information content (AvgIpc) is 3.25. The number of methoxy groups -OCH3 is 1. The van der Waals surface area contributed by atoms with Gasteiger partial charge in [-0.2, -0.15) is 0 Å². The Morgan fingerprint density at radius 1 is 0.969 bits per heavy atom. The van der Waals surface area contributed by atoms with Gasteiger partial charge in [-0.15, -0.1) is 10.2 Å². The molecule has 0 radical (unpaired) electrons. The zero-order valence-electron chi connectivity index (χ0n) is 17.2. The lowest BCUT2D eigenvalue weighted by molar-refractivity contribution is -0.384. The maximum absolute atomic E-state index is 11.0. The lowest BCUT2D eigenvalue weighted by atomic mass is 10.2. The molecule has 9 heteroatoms. The molecule has 0 atom stereocenters. The van der Waals surface area contributed by atoms with E-state index in [4.69, 9.17) is 9.47 Å². The minimum absolute atomic E-state index is 0.0706. The van der Waals surface area contributed by atoms with E-state index in [-0.39, 0.29) is 12.3 Å². The van der Waals surface area contributed by atoms with Crippen LogP contribution in [0.2, 0.25) is 0 Å². The number of hydrogen-bond donors (Lipinski definition) is 0. The second-order valence-corrected chi connectivity index (χ2v) is 7.69. The van der Waals surface area contributed by atoms with Gasteiger partial charge < -0.3 is 9.47 Å². The van der Waals surface area contributed by atoms with Crippen LogP contribution in [-0.2, 0) is 12.4 Å². The molecule has 0 N–H and O–H groups in total. The summed E-state index contributed by atoms with van der Waals surface area (Å²) < 4.78 is 13.0. The second-order valence-electron chi connectivity index (χ2n) is 6.75. The van der Waals surface area contributed by atoms with Crippen LogP contribution in [0, 0.1) is 10.1 Å². The highest BCUT2D eigenvalue weighted by molar-refractivity contribution is 7.98. The fourth-order valence-corrected chi connectivity index (χ4v) is 3.96. The predicted octanol–water partition coefficient (Wildman–Crippen LogP) is 5.06. The Labute approximate surface area is 189 Å². The third kappa shape index (κ3) is 5.06. The molecule has 162 valence electrons. The van der Waals surface area contributed by atoms with E-state index < -0.39 is 4.92 Å². The normalized spacial score (nSPS) is 10.7. The van der Waals surface area contributed by atoms with Crippen LogP contribution in [0.15, 0.2) is 84.0 Å². The first kappa shape index (κ1) is 21.4. The Kier molecular flexibility index (Phi) is 6.66. The molecule has 0 fully saturated rings. The molecular formula is C23H20N4O4S. The van der Waals surface area contributed by atoms with E-state index in [2.05, 4.69) is 10.2 Å². The average molecular weight is 449 g/mol. The first-order valence-corrected chi connectivity index (χ1v) is 10.8. The highest BCUT2D eigenvalue weighted by Crippen LogP contribution is 2.27. The maximum Gasteiger partial charge on any atom is 0.269 e. The van der Waals surface area contributed by atoms with Gasteiger partial charge in [0.05, 0.1) is 12.0 Å². The van der Waals surface area contributed by atoms with Gasteiger partial charge in [0, 0.05) is 23.6 Å². The number of aromatic nitrogens is 3. The van der Waals surface area contributed by atoms with Gasteiger partial charge in [0.25, 0.3) is 5.69 Å². The fourth-order valence-electron chi connectivity index (χ4n) is 3.05. The monoisotopic (exact) mass is 448 g/mol. The number of non-ortho nitro benzene ring substituents is 1. The number of rotatable bonds is 9. The van der Waals surface area contributed by atoms with E-state index in [1.165, 1.54) is 17.8 Å². The molecule has 4 rings (SSSR count). The van der Waals surface area contributed by atoms with Crippen LogP contribution >= 0.6 is 11.8 Å². The van der Waals surface area contributed by atoms with Crippen LogP contribution in [0.4, 0.5) is 5.69 Å². The second kappa shape index (κ2) is 9.97. The lowest BCUT2D eigenvalue weighted by Gasteiger charge is -2.11. The largest absolute Gasteiger partial charge is 0.497 e. The summed E-state index contributed by atoms with van der Waals surface area (Å²) in [6.45, 7) is 0.228. The molecule has 3 aromatic carbocycles. The van der Waals surface area contributed by atoms with Crippen LogP contribution in [0.3, 0.4) is 0 Å². The summed E-state index contributed by atoms with van der Waals surface area (Å²) in [5.74, 6) is 2.61. The molecule has 0 bridgehead atoms. The summed E-state index contributed by atoms with van der Waals surface area (Å²) >= 11 is 1.46. The molecule has 4 aromatic rings. The van der Waals surface area contributed by atoms with Gasteiger partial charge in [-0.25, -0.2) is 0 Å². The van der Waals surface area contributed by atoms with Crippen molar-refractivity contribution in [3.63, 3.8) is 0 Å². The number of nitro benzene ring substituents is 1. The van der Waals surface area contributed by atoms with Crippen LogP contribution in [0.5, 0.6) is 11.5 Å². The molecule has 0 unspecified atom stereocenters. The summed E-state index contributed by atoms with van der Waals surface area (Å²) in [5.41, 5.74) is 1.82. The van der Waals surface area contributed by atoms with Crippen molar-refractivity contribution in [1.82, 2.24) is 14.8 Å². The SMILES string of the molecule is COc1ccc(OCc2nnc(SCc3cccc([N+](=O)[O-])c3)n2-c2ccccc2)cc1. The molecule has 0 spiro atoms. The molecule has 0 amide bonds. The molecule has 8 nitrogen and oxygen atoms in total. The zero-order valence-corrected chi connectivity index (χ0v) is 18.1. The summed E-state index contributed by atoms with van der Waals surface area (Å²) in [6, 6.07) is 23.7. The minimum atomic E-state index is -0.394. The maximum atomic E-state index is 11.0. The number of ether oxygens (including phenoxy) is 2. The van der Waals surface area contributed by atoms with Crippen molar-refractivity contribution < 1.29 is 14.4 Å². The molecule has 1 heterocycles. The molecule has 0 aliphatic rings. The first-order valence-electron chi connectivity index (χ1n) is 9.77. The quantitative estimate of drug-likeness (QED) is 0.201. The van der Waals surface area contributed by atoms with Crippen LogP contribution in [0.1, 0.15) is 11.4 Å². The van der Waals surface area contributed by atoms with E-state index in [0.717, 1.165) is 17.0 Å². The Morgan fingerprint density at radius 3 is 2.44 bits per heavy atom. The topological polar surface area (TPSA) is 92.3 Å². The smallest absolute Gasteiger partial charge is 0.269 e. The minimum Gasteiger partial charge on any atom is -0.497 e. The van der Waals surface area contributed by atoms with Crippen molar-refractivity contribution in [2.45, 2.75) is 17.5 Å². The van der Waals surface area contributed by atoms with Crippen molar-refractivity contribution >= 4 is 17.4 Å². The van der Waals surface area contributed by atoms with Crippen molar-refractivity contribution in [3.8, 4) is 17.2 Å². The molecule has 32 heavy (non-hydrogen) atoms. The molecular weight excluding hydrogens is 428 g/mol. The number of thioether (sulfide) groups is 1. The molecule has 0 saturated heterocycles. The zero-order chi connectivity index (χ0) is 22.3. The van der Waals surface area contributed by atoms with E-state index >= 15 is 0 Å². The van der Waals surface area contributed by atoms with Gasteiger partial charge >= 0.3 is 0 Å². The predicted molar refractivity (Wildman–Crippen MR) is 121 cm³/mol. The van der Waals surface area contributed by atoms with Gasteiger partial charge in [0.15, 0.2) is 11.0 Å². The summed E-state index contributed by atoms with van der Waals surface area (Å²) in [4.78, 5) is 10.7. The van der Waals surface area contributed by atoms with Gasteiger partial charge in [-0.3, -0.25) is 14.7 Å². The lowest BCUT2D eigenvalue weighted by Crippen LogP contribution is -2.06. The van der Waals surface area contributed by atoms with E-state index in [1.807, 2.05) is 65.2 Å². The Hall–Kier alpha value is -3.85. The molecule has 1 aromatic heterocycles. The first-order chi connectivity index (χ1) is 15.6. The van der Waals surface area contributed by atoms with Crippen molar-refractivity contribution in [3.05, 3.63) is 100 Å². The number of hydrogen-bond acceptors (Lipinski definition) is 7. The van der Waals surface area contributed by atoms with Gasteiger partial charge in [0.1, 0.15) is 18.1 Å². The third-order valence-corrected chi connectivity index (χ3v) is 5.63. The highest BCUT2D eigenvalue weighted by atomic mass is 32.2. The fraction of sp³-hybridized carbons (Fsp3) is 0.130. The Morgan fingerprint density at radius 2 is 1.72 bits per heavy atom. The van der Waals surface area contributed by atoms with Crippen LogP contribution in [-0.4, -0.2) is 26.8 Å².